The second kappa shape index (κ2) is 55.0. The van der Waals surface area contributed by atoms with Crippen LogP contribution in [0.15, 0.2) is 66.7 Å². The van der Waals surface area contributed by atoms with Crippen LogP contribution in [0.2, 0.25) is 0 Å². The molecular weight excluding hydrogens is 1700 g/mol. The molecule has 2 aromatic carbocycles. The number of methoxy groups -OCH3 is 2. The van der Waals surface area contributed by atoms with Gasteiger partial charge in [0.05, 0.1) is 103 Å². The third kappa shape index (κ3) is 34.2. The molecule has 0 radical (unpaired) electrons. The van der Waals surface area contributed by atoms with Crippen LogP contribution in [-0.4, -0.2) is 313 Å². The molecule has 3 saturated heterocycles. The Morgan fingerprint density at radius 1 is 0.600 bits per heavy atom. The number of amides is 16. The first kappa shape index (κ1) is 107. The van der Waals surface area contributed by atoms with Crippen LogP contribution in [0.1, 0.15) is 151 Å². The summed E-state index contributed by atoms with van der Waals surface area (Å²) in [6.45, 7) is 18.3. The maximum absolute atomic E-state index is 14.9. The second-order valence-corrected chi connectivity index (χ2v) is 33.7. The van der Waals surface area contributed by atoms with Crippen LogP contribution in [-0.2, 0) is 128 Å². The molecule has 6 rings (SSSR count). The van der Waals surface area contributed by atoms with Gasteiger partial charge in [-0.2, -0.15) is 0 Å². The largest absolute Gasteiger partial charge is 0.464 e. The molecule has 12 N–H and O–H groups in total. The maximum Gasteiger partial charge on any atom is 0.410 e. The van der Waals surface area contributed by atoms with Crippen LogP contribution < -0.4 is 58.9 Å². The number of rotatable bonds is 57. The van der Waals surface area contributed by atoms with Crippen molar-refractivity contribution in [2.45, 2.75) is 232 Å². The summed E-state index contributed by atoms with van der Waals surface area (Å²) < 4.78 is 49.9. The molecule has 0 spiro atoms. The Morgan fingerprint density at radius 2 is 1.23 bits per heavy atom. The third-order valence-corrected chi connectivity index (χ3v) is 22.9. The number of nitrogens with zero attached hydrogens (tertiary/aromatic N) is 4. The van der Waals surface area contributed by atoms with Gasteiger partial charge in [-0.15, -0.1) is 0 Å². The van der Waals surface area contributed by atoms with E-state index in [0.29, 0.717) is 42.7 Å². The van der Waals surface area contributed by atoms with E-state index in [2.05, 4.69) is 53.2 Å². The van der Waals surface area contributed by atoms with Gasteiger partial charge in [0, 0.05) is 104 Å². The molecule has 41 nitrogen and oxygen atoms in total. The van der Waals surface area contributed by atoms with Crippen molar-refractivity contribution >= 4 is 107 Å². The number of hydrogen-bond donors (Lipinski definition) is 11. The van der Waals surface area contributed by atoms with E-state index in [9.17, 15) is 81.5 Å². The monoisotopic (exact) mass is 1830 g/mol. The molecule has 722 valence electrons. The highest BCUT2D eigenvalue weighted by molar-refractivity contribution is 6.15. The Bertz CT molecular complexity index is 4140. The minimum absolute atomic E-state index is 0.00147. The molecular formula is C89H135N15O26. The summed E-state index contributed by atoms with van der Waals surface area (Å²) in [7, 11) is 6.08. The topological polar surface area (TPSA) is 533 Å². The molecule has 1 unspecified atom stereocenters. The number of hydrogen-bond acceptors (Lipinski definition) is 26. The summed E-state index contributed by atoms with van der Waals surface area (Å²) in [5.41, 5.74) is 7.10. The van der Waals surface area contributed by atoms with Crippen molar-refractivity contribution in [1.29, 1.82) is 0 Å². The number of urea groups is 1. The molecule has 0 aromatic heterocycles. The fourth-order valence-electron chi connectivity index (χ4n) is 15.6. The average Bonchev–Trinajstić information content (AvgIpc) is 1.73. The molecule has 2 aromatic rings. The Balaban J connectivity index is 0.974. The highest BCUT2D eigenvalue weighted by atomic mass is 16.6. The number of likely N-dealkylation sites (N-methyl/N-ethyl adjacent to an activating group) is 2. The first-order valence-electron chi connectivity index (χ1n) is 44.5. The van der Waals surface area contributed by atoms with E-state index < -0.39 is 198 Å². The van der Waals surface area contributed by atoms with E-state index in [0.717, 1.165) is 22.6 Å². The van der Waals surface area contributed by atoms with Gasteiger partial charge in [-0.3, -0.25) is 76.9 Å². The van der Waals surface area contributed by atoms with E-state index in [1.165, 1.54) is 26.3 Å². The third-order valence-electron chi connectivity index (χ3n) is 22.9. The van der Waals surface area contributed by atoms with Crippen LogP contribution in [0.25, 0.3) is 0 Å². The Labute approximate surface area is 759 Å². The molecule has 130 heavy (non-hydrogen) atoms. The number of primary amides is 1. The zero-order chi connectivity index (χ0) is 95.8. The summed E-state index contributed by atoms with van der Waals surface area (Å²) in [5, 5.41) is 26.6. The lowest BCUT2D eigenvalue weighted by Gasteiger charge is -2.41. The molecule has 4 aliphatic heterocycles. The number of benzene rings is 2. The Morgan fingerprint density at radius 3 is 1.81 bits per heavy atom. The smallest absolute Gasteiger partial charge is 0.410 e. The van der Waals surface area contributed by atoms with Gasteiger partial charge in [0.15, 0.2) is 6.10 Å². The summed E-state index contributed by atoms with van der Waals surface area (Å²) in [6.07, 6.45) is 0.585. The fourth-order valence-corrected chi connectivity index (χ4v) is 15.6. The van der Waals surface area contributed by atoms with Gasteiger partial charge in [-0.25, -0.2) is 14.4 Å². The number of nitrogens with two attached hydrogens (primary N) is 1. The van der Waals surface area contributed by atoms with Crippen molar-refractivity contribution in [3.63, 3.8) is 0 Å². The molecule has 0 saturated carbocycles. The van der Waals surface area contributed by atoms with Crippen LogP contribution in [0.3, 0.4) is 0 Å². The number of ether oxygens (including phenoxy) is 9. The molecule has 0 aliphatic carbocycles. The highest BCUT2D eigenvalue weighted by Gasteiger charge is 2.46. The normalized spacial score (nSPS) is 18.2. The van der Waals surface area contributed by atoms with Gasteiger partial charge < -0.3 is 111 Å². The zero-order valence-corrected chi connectivity index (χ0v) is 77.1. The number of carbonyl (C=O) groups is 17. The second-order valence-electron chi connectivity index (χ2n) is 33.7. The maximum atomic E-state index is 14.9. The van der Waals surface area contributed by atoms with Crippen molar-refractivity contribution in [1.82, 2.24) is 67.5 Å². The van der Waals surface area contributed by atoms with Crippen molar-refractivity contribution < 1.29 is 124 Å². The van der Waals surface area contributed by atoms with E-state index in [1.54, 1.807) is 77.6 Å². The SMILES string of the molecule is CC[C@H](C)[C@@H]([C@@H](CC(=O)N1CCCC1[C@H](OC)[C@@H](C)C(=O)N[C@H](C)Cc1ccccc1)OC)N(C)C(=O)[C@@H](NC(=O)[C@H](C(C)C)N(C)C(=O)OCc1ccc(NC(=O)[C@H](CCCNC(N)=O)NC(=O)[C@@H](NC(=O)[C@H](CC(=O)N[C@H]2CCOC2=O)NC(=O)CCOCCOCCOCCOCCNC(=O)[C@H](CNC(=O)[C@@H]2CCC(=O)O2)N2C(=O)C=CC2=O)C(C)C)cc1)C(C)C. The van der Waals surface area contributed by atoms with Gasteiger partial charge in [0.2, 0.25) is 59.1 Å². The molecule has 4 aliphatic rings. The lowest BCUT2D eigenvalue weighted by molar-refractivity contribution is -0.149. The quantitative estimate of drug-likeness (QED) is 0.0191. The number of anilines is 1. The van der Waals surface area contributed by atoms with E-state index >= 15 is 0 Å². The lowest BCUT2D eigenvalue weighted by atomic mass is 9.89. The molecule has 15 atom stereocenters. The number of nitrogens with one attached hydrogen (secondary N) is 10. The molecule has 41 heteroatoms. The Kier molecular flexibility index (Phi) is 45.5. The van der Waals surface area contributed by atoms with Gasteiger partial charge in [0.1, 0.15) is 48.9 Å². The summed E-state index contributed by atoms with van der Waals surface area (Å²) in [5.74, 6) is -12.1. The first-order valence-corrected chi connectivity index (χ1v) is 44.5. The molecule has 4 heterocycles. The molecule has 16 amide bonds. The van der Waals surface area contributed by atoms with Crippen LogP contribution in [0, 0.1) is 29.6 Å². The van der Waals surface area contributed by atoms with Gasteiger partial charge in [0.25, 0.3) is 17.7 Å². The number of cyclic esters (lactones) is 2. The van der Waals surface area contributed by atoms with Crippen LogP contribution >= 0.6 is 0 Å². The number of carbonyl (C=O) groups excluding carboxylic acids is 17. The number of esters is 2. The van der Waals surface area contributed by atoms with E-state index in [-0.39, 0.29) is 154 Å². The predicted molar refractivity (Wildman–Crippen MR) is 470 cm³/mol. The molecule has 3 fully saturated rings. The number of imide groups is 1. The summed E-state index contributed by atoms with van der Waals surface area (Å²) in [4.78, 5) is 232. The van der Waals surface area contributed by atoms with Gasteiger partial charge in [-0.05, 0) is 86.0 Å². The highest BCUT2D eigenvalue weighted by Crippen LogP contribution is 2.31. The predicted octanol–water partition coefficient (Wildman–Crippen LogP) is 1.10. The van der Waals surface area contributed by atoms with Gasteiger partial charge >= 0.3 is 24.1 Å². The van der Waals surface area contributed by atoms with E-state index in [4.69, 9.17) is 48.4 Å². The van der Waals surface area contributed by atoms with Crippen molar-refractivity contribution in [2.24, 2.45) is 35.3 Å². The van der Waals surface area contributed by atoms with Crippen molar-refractivity contribution in [2.75, 3.05) is 119 Å². The lowest BCUT2D eigenvalue weighted by Crippen LogP contribution is -2.60. The van der Waals surface area contributed by atoms with Gasteiger partial charge in [-0.1, -0.05) is 111 Å². The van der Waals surface area contributed by atoms with Crippen LogP contribution in [0.5, 0.6) is 0 Å². The fraction of sp³-hybridized carbons (Fsp3) is 0.652. The minimum Gasteiger partial charge on any atom is -0.464 e. The molecule has 0 bridgehead atoms. The first-order chi connectivity index (χ1) is 61.9. The van der Waals surface area contributed by atoms with Crippen molar-refractivity contribution in [3.05, 3.63) is 77.9 Å². The van der Waals surface area contributed by atoms with Crippen LogP contribution in [0.4, 0.5) is 15.3 Å². The average molecular weight is 1830 g/mol. The Hall–Kier alpha value is -11.3. The number of likely N-dealkylation sites (tertiary alicyclic amines) is 1. The van der Waals surface area contributed by atoms with Crippen molar-refractivity contribution in [3.8, 4) is 0 Å². The zero-order valence-electron chi connectivity index (χ0n) is 77.1. The van der Waals surface area contributed by atoms with E-state index in [1.807, 2.05) is 58.0 Å². The minimum atomic E-state index is -1.61. The summed E-state index contributed by atoms with van der Waals surface area (Å²) >= 11 is 0. The summed E-state index contributed by atoms with van der Waals surface area (Å²) in [6, 6.07) is 5.02. The standard InChI is InChI=1S/C89H135N15O26/c1-15-55(8)77(67(122-13)49-72(109)103-37-20-24-64(103)78(123-14)57(10)79(111)94-56(9)47-58-21-17-16-18-22-58)101(11)86(118)75(53(4)5)100-85(117)76(54(6)7)102(12)89(121)129-51-59-25-27-60(28-26-59)95-80(112)61(23-19-35-92-88(90)120)98-84(116)74(52(2)3)99-81(113)63(48-69(106)96-62-33-39-128-87(62)119)97-68(105)34-38-124-41-43-126-45-46-127-44-42-125-40-36-91-82(114)65(104-70(107)30-31-71(104)108)50-93-83(115)66-29-32-73(110)130-66/h16-18,21-22,25-28,30-31,52-57,61-67,74-78H,15,19-20,23-24,29,32-51H2,1-14H3,(H,91,114)(H,93,115)(H,94,111)(H,95,112)(H,96,106)(H,97,105)(H,98,116)(H,99,113)(H,100,117)(H3,90,92,120)/t55-,56+,57+,61-,62-,63-,64?,65-,66-,67+,74-,75-,76-,77-,78+/m0/s1.